The van der Waals surface area contributed by atoms with E-state index in [0.717, 1.165) is 46.9 Å². The zero-order valence-electron chi connectivity index (χ0n) is 17.6. The molecule has 156 valence electrons. The first kappa shape index (κ1) is 19.3. The normalized spacial score (nSPS) is 17.3. The topological polar surface area (TPSA) is 30.9 Å². The first-order valence-corrected chi connectivity index (χ1v) is 10.6. The molecule has 0 amide bonds. The van der Waals surface area contributed by atoms with E-state index < -0.39 is 0 Å². The Labute approximate surface area is 183 Å². The third kappa shape index (κ3) is 4.02. The van der Waals surface area contributed by atoms with E-state index in [1.807, 2.05) is 36.4 Å². The van der Waals surface area contributed by atoms with Gasteiger partial charge in [0.2, 0.25) is 0 Å². The number of anilines is 1. The Balaban J connectivity index is 1.62. The number of hydrogen-bond acceptors (Lipinski definition) is 4. The number of benzene rings is 3. The first-order chi connectivity index (χ1) is 15.3. The van der Waals surface area contributed by atoms with Gasteiger partial charge in [-0.25, -0.2) is 0 Å². The molecule has 0 saturated heterocycles. The van der Waals surface area contributed by atoms with Crippen LogP contribution in [-0.4, -0.2) is 20.3 Å². The van der Waals surface area contributed by atoms with Crippen LogP contribution in [0, 0.1) is 0 Å². The molecule has 5 rings (SSSR count). The molecule has 0 radical (unpaired) electrons. The molecule has 2 aliphatic rings. The van der Waals surface area contributed by atoms with Crippen LogP contribution in [-0.2, 0) is 0 Å². The monoisotopic (exact) mass is 411 g/mol. The average molecular weight is 412 g/mol. The fourth-order valence-corrected chi connectivity index (χ4v) is 4.09. The van der Waals surface area contributed by atoms with Crippen molar-refractivity contribution in [3.05, 3.63) is 96.3 Å². The SMILES string of the molecule is COc1cccc(N(C=C2CCOc3ccccc32)C=C2CCOc3ccccc32)c1. The predicted molar refractivity (Wildman–Crippen MR) is 125 cm³/mol. The van der Waals surface area contributed by atoms with Gasteiger partial charge in [-0.1, -0.05) is 42.5 Å². The van der Waals surface area contributed by atoms with Crippen molar-refractivity contribution in [3.8, 4) is 17.2 Å². The number of methoxy groups -OCH3 is 1. The van der Waals surface area contributed by atoms with Crippen LogP contribution in [0.15, 0.2) is 85.2 Å². The fourth-order valence-electron chi connectivity index (χ4n) is 4.09. The minimum absolute atomic E-state index is 0.683. The van der Waals surface area contributed by atoms with E-state index in [4.69, 9.17) is 14.2 Å². The number of ether oxygens (including phenoxy) is 3. The molecule has 4 heteroatoms. The molecule has 0 N–H and O–H groups in total. The third-order valence-corrected chi connectivity index (χ3v) is 5.67. The molecule has 2 aliphatic heterocycles. The van der Waals surface area contributed by atoms with Crippen LogP contribution in [0.25, 0.3) is 11.1 Å². The van der Waals surface area contributed by atoms with Gasteiger partial charge in [-0.05, 0) is 35.4 Å². The maximum absolute atomic E-state index is 5.86. The van der Waals surface area contributed by atoms with E-state index in [2.05, 4.69) is 53.7 Å². The zero-order chi connectivity index (χ0) is 21.0. The number of hydrogen-bond donors (Lipinski definition) is 0. The number of nitrogens with zero attached hydrogens (tertiary/aromatic N) is 1. The van der Waals surface area contributed by atoms with Crippen molar-refractivity contribution < 1.29 is 14.2 Å². The number of para-hydroxylation sites is 2. The Bertz CT molecular complexity index is 1080. The molecule has 2 heterocycles. The molecule has 3 aromatic carbocycles. The quantitative estimate of drug-likeness (QED) is 0.515. The van der Waals surface area contributed by atoms with Gasteiger partial charge in [-0.3, -0.25) is 0 Å². The highest BCUT2D eigenvalue weighted by molar-refractivity contribution is 5.79. The van der Waals surface area contributed by atoms with Crippen molar-refractivity contribution in [2.75, 3.05) is 25.2 Å². The van der Waals surface area contributed by atoms with Gasteiger partial charge in [0.25, 0.3) is 0 Å². The van der Waals surface area contributed by atoms with Gasteiger partial charge in [-0.2, -0.15) is 0 Å². The molecule has 3 aromatic rings. The van der Waals surface area contributed by atoms with E-state index in [0.29, 0.717) is 13.2 Å². The van der Waals surface area contributed by atoms with Crippen molar-refractivity contribution in [2.45, 2.75) is 12.8 Å². The largest absolute Gasteiger partial charge is 0.497 e. The first-order valence-electron chi connectivity index (χ1n) is 10.6. The lowest BCUT2D eigenvalue weighted by atomic mass is 9.99. The van der Waals surface area contributed by atoms with Crippen molar-refractivity contribution >= 4 is 16.8 Å². The average Bonchev–Trinajstić information content (AvgIpc) is 2.84. The molecule has 0 bridgehead atoms. The molecule has 0 unspecified atom stereocenters. The van der Waals surface area contributed by atoms with Crippen LogP contribution in [0.3, 0.4) is 0 Å². The highest BCUT2D eigenvalue weighted by Gasteiger charge is 2.19. The molecular weight excluding hydrogens is 386 g/mol. The van der Waals surface area contributed by atoms with Crippen LogP contribution < -0.4 is 19.1 Å². The highest BCUT2D eigenvalue weighted by atomic mass is 16.5. The Hall–Kier alpha value is -3.66. The summed E-state index contributed by atoms with van der Waals surface area (Å²) in [5.41, 5.74) is 5.84. The molecule has 0 spiro atoms. The summed E-state index contributed by atoms with van der Waals surface area (Å²) in [6.45, 7) is 1.37. The Morgan fingerprint density at radius 3 is 1.90 bits per heavy atom. The van der Waals surface area contributed by atoms with Crippen LogP contribution in [0.1, 0.15) is 24.0 Å². The second kappa shape index (κ2) is 8.60. The van der Waals surface area contributed by atoms with Crippen LogP contribution in [0.2, 0.25) is 0 Å². The summed E-state index contributed by atoms with van der Waals surface area (Å²) in [6.07, 6.45) is 6.17. The summed E-state index contributed by atoms with van der Waals surface area (Å²) >= 11 is 0. The highest BCUT2D eigenvalue weighted by Crippen LogP contribution is 2.36. The lowest BCUT2D eigenvalue weighted by molar-refractivity contribution is 0.316. The predicted octanol–water partition coefficient (Wildman–Crippen LogP) is 6.15. The molecular formula is C27H25NO3. The van der Waals surface area contributed by atoms with Crippen molar-refractivity contribution in [2.24, 2.45) is 0 Å². The summed E-state index contributed by atoms with van der Waals surface area (Å²) in [7, 11) is 1.70. The molecule has 4 nitrogen and oxygen atoms in total. The van der Waals surface area contributed by atoms with Crippen molar-refractivity contribution in [3.63, 3.8) is 0 Å². The van der Waals surface area contributed by atoms with E-state index in [-0.39, 0.29) is 0 Å². The lowest BCUT2D eigenvalue weighted by Crippen LogP contribution is -2.15. The van der Waals surface area contributed by atoms with Gasteiger partial charge in [-0.15, -0.1) is 0 Å². The Morgan fingerprint density at radius 1 is 0.742 bits per heavy atom. The summed E-state index contributed by atoms with van der Waals surface area (Å²) in [4.78, 5) is 2.21. The molecule has 31 heavy (non-hydrogen) atoms. The smallest absolute Gasteiger partial charge is 0.126 e. The zero-order valence-corrected chi connectivity index (χ0v) is 17.6. The lowest BCUT2D eigenvalue weighted by Gasteiger charge is -2.26. The Kier molecular flexibility index (Phi) is 5.36. The van der Waals surface area contributed by atoms with E-state index in [1.54, 1.807) is 7.11 Å². The molecule has 0 atom stereocenters. The van der Waals surface area contributed by atoms with E-state index in [9.17, 15) is 0 Å². The standard InChI is InChI=1S/C27H25NO3/c1-29-23-8-6-7-22(17-23)28(18-20-13-15-30-26-11-4-2-9-24(20)26)19-21-14-16-31-27-12-5-3-10-25(21)27/h2-12,17-19H,13-16H2,1H3. The maximum atomic E-state index is 5.86. The van der Waals surface area contributed by atoms with Gasteiger partial charge in [0, 0.05) is 48.1 Å². The summed E-state index contributed by atoms with van der Waals surface area (Å²) in [5, 5.41) is 0. The van der Waals surface area contributed by atoms with Crippen LogP contribution in [0.4, 0.5) is 5.69 Å². The van der Waals surface area contributed by atoms with Crippen molar-refractivity contribution in [1.82, 2.24) is 0 Å². The van der Waals surface area contributed by atoms with Crippen LogP contribution >= 0.6 is 0 Å². The van der Waals surface area contributed by atoms with Gasteiger partial charge < -0.3 is 19.1 Å². The third-order valence-electron chi connectivity index (χ3n) is 5.67. The molecule has 0 aliphatic carbocycles. The van der Waals surface area contributed by atoms with Gasteiger partial charge >= 0.3 is 0 Å². The second-order valence-corrected chi connectivity index (χ2v) is 7.61. The summed E-state index contributed by atoms with van der Waals surface area (Å²) < 4.78 is 17.2. The fraction of sp³-hybridized carbons (Fsp3) is 0.185. The minimum Gasteiger partial charge on any atom is -0.497 e. The second-order valence-electron chi connectivity index (χ2n) is 7.61. The molecule has 0 saturated carbocycles. The summed E-state index contributed by atoms with van der Waals surface area (Å²) in [6, 6.07) is 24.6. The summed E-state index contributed by atoms with van der Waals surface area (Å²) in [5.74, 6) is 2.71. The van der Waals surface area contributed by atoms with Gasteiger partial charge in [0.15, 0.2) is 0 Å². The number of rotatable bonds is 4. The van der Waals surface area contributed by atoms with Gasteiger partial charge in [0.1, 0.15) is 17.2 Å². The Morgan fingerprint density at radius 2 is 1.32 bits per heavy atom. The number of fused-ring (bicyclic) bond motifs is 2. The minimum atomic E-state index is 0.683. The van der Waals surface area contributed by atoms with E-state index in [1.165, 1.54) is 11.1 Å². The molecule has 0 fully saturated rings. The molecule has 0 aromatic heterocycles. The van der Waals surface area contributed by atoms with E-state index >= 15 is 0 Å². The van der Waals surface area contributed by atoms with Gasteiger partial charge in [0.05, 0.1) is 20.3 Å². The van der Waals surface area contributed by atoms with Crippen molar-refractivity contribution in [1.29, 1.82) is 0 Å². The van der Waals surface area contributed by atoms with Crippen LogP contribution in [0.5, 0.6) is 17.2 Å². The maximum Gasteiger partial charge on any atom is 0.126 e.